The molecule has 1 atom stereocenters. The number of rotatable bonds is 11. The fourth-order valence-electron chi connectivity index (χ4n) is 2.51. The van der Waals surface area contributed by atoms with E-state index in [1.165, 1.54) is 0 Å². The van der Waals surface area contributed by atoms with Gasteiger partial charge in [0.05, 0.1) is 17.2 Å². The van der Waals surface area contributed by atoms with Crippen LogP contribution in [-0.2, 0) is 14.3 Å². The van der Waals surface area contributed by atoms with E-state index in [-0.39, 0.29) is 11.5 Å². The smallest absolute Gasteiger partial charge is 0.256 e. The molecule has 6 heteroatoms. The number of nitrogens with one attached hydrogen (secondary N) is 1. The molecule has 1 N–H and O–H groups in total. The lowest BCUT2D eigenvalue weighted by Gasteiger charge is -2.28. The van der Waals surface area contributed by atoms with Gasteiger partial charge in [0.2, 0.25) is 0 Å². The van der Waals surface area contributed by atoms with E-state index in [1.54, 1.807) is 25.3 Å². The van der Waals surface area contributed by atoms with E-state index >= 15 is 0 Å². The van der Waals surface area contributed by atoms with Crippen molar-refractivity contribution in [3.05, 3.63) is 23.2 Å². The Hall–Kier alpha value is -1.30. The molecule has 0 saturated heterocycles. The minimum atomic E-state index is -0.850. The van der Waals surface area contributed by atoms with Gasteiger partial charge >= 0.3 is 0 Å². The maximum atomic E-state index is 12.6. The summed E-state index contributed by atoms with van der Waals surface area (Å²) >= 11 is 6.29. The van der Waals surface area contributed by atoms with Gasteiger partial charge in [0.25, 0.3) is 5.91 Å². The van der Waals surface area contributed by atoms with Crippen LogP contribution in [0.1, 0.15) is 53.9 Å². The van der Waals surface area contributed by atoms with Crippen LogP contribution in [0, 0.1) is 0 Å². The second kappa shape index (κ2) is 10.1. The van der Waals surface area contributed by atoms with Gasteiger partial charge in [-0.3, -0.25) is 4.79 Å². The molecular formula is C20H32ClNO4. The quantitative estimate of drug-likeness (QED) is 0.577. The molecule has 0 aliphatic rings. The zero-order valence-electron chi connectivity index (χ0n) is 16.8. The highest BCUT2D eigenvalue weighted by molar-refractivity contribution is 6.32. The molecule has 0 fully saturated rings. The molecule has 0 aromatic heterocycles. The van der Waals surface area contributed by atoms with Gasteiger partial charge in [0.1, 0.15) is 11.4 Å². The molecule has 148 valence electrons. The van der Waals surface area contributed by atoms with Gasteiger partial charge < -0.3 is 19.5 Å². The first-order valence-electron chi connectivity index (χ1n) is 9.10. The largest absolute Gasteiger partial charge is 0.492 e. The van der Waals surface area contributed by atoms with Crippen molar-refractivity contribution in [2.24, 2.45) is 0 Å². The van der Waals surface area contributed by atoms with Crippen LogP contribution in [0.2, 0.25) is 5.02 Å². The monoisotopic (exact) mass is 385 g/mol. The number of hydrogen-bond acceptors (Lipinski definition) is 4. The minimum absolute atomic E-state index is 0.173. The number of carbonyl (C=O) groups is 1. The van der Waals surface area contributed by atoms with Gasteiger partial charge in [0, 0.05) is 25.8 Å². The van der Waals surface area contributed by atoms with Crippen LogP contribution in [0.3, 0.4) is 0 Å². The lowest BCUT2D eigenvalue weighted by molar-refractivity contribution is -0.139. The maximum Gasteiger partial charge on any atom is 0.256 e. The van der Waals surface area contributed by atoms with E-state index in [9.17, 15) is 4.79 Å². The number of methoxy groups -OCH3 is 1. The van der Waals surface area contributed by atoms with Gasteiger partial charge in [0.15, 0.2) is 0 Å². The lowest BCUT2D eigenvalue weighted by atomic mass is 9.99. The Morgan fingerprint density at radius 3 is 2.42 bits per heavy atom. The summed E-state index contributed by atoms with van der Waals surface area (Å²) in [5.74, 6) is 0.408. The summed E-state index contributed by atoms with van der Waals surface area (Å²) in [6.45, 7) is 10.7. The Bertz CT molecular complexity index is 583. The molecule has 1 amide bonds. The molecule has 5 nitrogen and oxygen atoms in total. The van der Waals surface area contributed by atoms with Crippen LogP contribution in [0.25, 0.3) is 0 Å². The van der Waals surface area contributed by atoms with Gasteiger partial charge in [-0.25, -0.2) is 0 Å². The third-order valence-corrected chi connectivity index (χ3v) is 4.67. The van der Waals surface area contributed by atoms with Crippen LogP contribution in [0.4, 0.5) is 5.69 Å². The summed E-state index contributed by atoms with van der Waals surface area (Å²) in [5, 5.41) is 3.34. The van der Waals surface area contributed by atoms with E-state index < -0.39 is 5.60 Å². The summed E-state index contributed by atoms with van der Waals surface area (Å²) in [4.78, 5) is 12.6. The summed E-state index contributed by atoms with van der Waals surface area (Å²) in [6, 6.07) is 5.23. The van der Waals surface area contributed by atoms with Crippen molar-refractivity contribution in [3.63, 3.8) is 0 Å². The second-order valence-corrected chi connectivity index (χ2v) is 7.48. The van der Waals surface area contributed by atoms with E-state index in [4.69, 9.17) is 25.8 Å². The van der Waals surface area contributed by atoms with Crippen molar-refractivity contribution in [1.29, 1.82) is 0 Å². The average molecular weight is 386 g/mol. The molecule has 0 unspecified atom stereocenters. The molecule has 26 heavy (non-hydrogen) atoms. The molecule has 1 aromatic carbocycles. The third kappa shape index (κ3) is 6.78. The highest BCUT2D eigenvalue weighted by Crippen LogP contribution is 2.29. The fourth-order valence-corrected chi connectivity index (χ4v) is 2.75. The first-order chi connectivity index (χ1) is 12.2. The fraction of sp³-hybridized carbons (Fsp3) is 0.650. The minimum Gasteiger partial charge on any atom is -0.492 e. The average Bonchev–Trinajstić information content (AvgIpc) is 2.57. The summed E-state index contributed by atoms with van der Waals surface area (Å²) < 4.78 is 16.8. The predicted octanol–water partition coefficient (Wildman–Crippen LogP) is 5.07. The molecule has 0 saturated carbocycles. The Kier molecular flexibility index (Phi) is 8.87. The van der Waals surface area contributed by atoms with E-state index in [2.05, 4.69) is 5.32 Å². The van der Waals surface area contributed by atoms with Gasteiger partial charge in [-0.1, -0.05) is 24.9 Å². The Morgan fingerprint density at radius 2 is 1.88 bits per heavy atom. The van der Waals surface area contributed by atoms with E-state index in [1.807, 2.05) is 34.6 Å². The van der Waals surface area contributed by atoms with Crippen LogP contribution < -0.4 is 10.1 Å². The molecule has 0 radical (unpaired) electrons. The highest BCUT2D eigenvalue weighted by atomic mass is 35.5. The van der Waals surface area contributed by atoms with E-state index in [0.29, 0.717) is 36.1 Å². The van der Waals surface area contributed by atoms with Crippen molar-refractivity contribution in [1.82, 2.24) is 0 Å². The number of amides is 1. The molecule has 0 bridgehead atoms. The molecule has 0 heterocycles. The zero-order chi connectivity index (χ0) is 19.8. The van der Waals surface area contributed by atoms with Crippen LogP contribution in [0.15, 0.2) is 18.2 Å². The van der Waals surface area contributed by atoms with Crippen molar-refractivity contribution < 1.29 is 19.0 Å². The Balaban J connectivity index is 2.73. The van der Waals surface area contributed by atoms with Crippen LogP contribution in [0.5, 0.6) is 5.75 Å². The number of hydrogen-bond donors (Lipinski definition) is 1. The normalized spacial score (nSPS) is 14.0. The van der Waals surface area contributed by atoms with Crippen molar-refractivity contribution in [2.75, 3.05) is 25.6 Å². The molecule has 1 rings (SSSR count). The third-order valence-electron chi connectivity index (χ3n) is 4.37. The summed E-state index contributed by atoms with van der Waals surface area (Å²) in [5.41, 5.74) is -0.480. The van der Waals surface area contributed by atoms with Gasteiger partial charge in [-0.05, 0) is 52.3 Å². The molecule has 0 spiro atoms. The number of halogens is 1. The lowest BCUT2D eigenvalue weighted by Crippen LogP contribution is -2.42. The van der Waals surface area contributed by atoms with Gasteiger partial charge in [-0.2, -0.15) is 0 Å². The van der Waals surface area contributed by atoms with Crippen molar-refractivity contribution >= 4 is 23.2 Å². The number of benzene rings is 1. The summed E-state index contributed by atoms with van der Waals surface area (Å²) in [7, 11) is 1.68. The first-order valence-corrected chi connectivity index (χ1v) is 9.48. The zero-order valence-corrected chi connectivity index (χ0v) is 17.5. The second-order valence-electron chi connectivity index (χ2n) is 7.08. The molecule has 1 aromatic rings. The number of anilines is 1. The van der Waals surface area contributed by atoms with Crippen molar-refractivity contribution in [2.45, 2.75) is 65.1 Å². The molecular weight excluding hydrogens is 354 g/mol. The topological polar surface area (TPSA) is 56.8 Å². The standard InChI is InChI=1S/C20H32ClNO4/c1-7-11-20(5,26-8-2)18(23)22-15-9-10-17(16(21)14-15)25-13-12-19(3,4)24-6/h9-10,14H,7-8,11-13H2,1-6H3,(H,22,23)/t20-/m1/s1. The van der Waals surface area contributed by atoms with Crippen LogP contribution >= 0.6 is 11.6 Å². The highest BCUT2D eigenvalue weighted by Gasteiger charge is 2.33. The molecule has 0 aliphatic heterocycles. The molecule has 0 aliphatic carbocycles. The van der Waals surface area contributed by atoms with E-state index in [0.717, 1.165) is 12.8 Å². The predicted molar refractivity (Wildman–Crippen MR) is 106 cm³/mol. The first kappa shape index (κ1) is 22.7. The summed E-state index contributed by atoms with van der Waals surface area (Å²) in [6.07, 6.45) is 2.24. The maximum absolute atomic E-state index is 12.6. The Labute approximate surface area is 162 Å². The van der Waals surface area contributed by atoms with Crippen LogP contribution in [-0.4, -0.2) is 37.4 Å². The number of carbonyl (C=O) groups excluding carboxylic acids is 1. The van der Waals surface area contributed by atoms with Crippen molar-refractivity contribution in [3.8, 4) is 5.75 Å². The van der Waals surface area contributed by atoms with Gasteiger partial charge in [-0.15, -0.1) is 0 Å². The number of ether oxygens (including phenoxy) is 3. The Morgan fingerprint density at radius 1 is 1.19 bits per heavy atom. The SMILES string of the molecule is CCC[C@@](C)(OCC)C(=O)Nc1ccc(OCCC(C)(C)OC)c(Cl)c1.